The Balaban J connectivity index is 2.34. The maximum atomic E-state index is 11.8. The summed E-state index contributed by atoms with van der Waals surface area (Å²) >= 11 is 0. The molecule has 1 aliphatic rings. The molecule has 2 rings (SSSR count). The molecule has 1 heterocycles. The van der Waals surface area contributed by atoms with Crippen molar-refractivity contribution in [3.63, 3.8) is 0 Å². The van der Waals surface area contributed by atoms with E-state index in [1.54, 1.807) is 12.1 Å². The fourth-order valence-corrected chi connectivity index (χ4v) is 3.38. The van der Waals surface area contributed by atoms with Gasteiger partial charge in [0.05, 0.1) is 18.0 Å². The molecule has 2 N–H and O–H groups in total. The number of sulfonamides is 1. The molecule has 0 amide bonds. The molecule has 4 nitrogen and oxygen atoms in total. The minimum absolute atomic E-state index is 0.228. The van der Waals surface area contributed by atoms with Gasteiger partial charge in [0.25, 0.3) is 0 Å². The van der Waals surface area contributed by atoms with Crippen LogP contribution in [0.25, 0.3) is 0 Å². The molecular weight excluding hydrogens is 236 g/mol. The second kappa shape index (κ2) is 4.78. The van der Waals surface area contributed by atoms with Crippen LogP contribution in [-0.4, -0.2) is 27.3 Å². The first kappa shape index (κ1) is 12.0. The van der Waals surface area contributed by atoms with Gasteiger partial charge in [0.2, 0.25) is 10.0 Å². The Bertz CT molecular complexity index is 570. The average molecular weight is 250 g/mol. The summed E-state index contributed by atoms with van der Waals surface area (Å²) in [6.45, 7) is 0.850. The number of benzene rings is 1. The average Bonchev–Trinajstić information content (AvgIpc) is 2.67. The highest BCUT2D eigenvalue weighted by molar-refractivity contribution is 7.93. The highest BCUT2D eigenvalue weighted by atomic mass is 32.2. The van der Waals surface area contributed by atoms with Gasteiger partial charge in [-0.2, -0.15) is 0 Å². The SMILES string of the molecule is NCC#Cc1cccc(N2CCCS2(=O)=O)c1. The number of nitrogens with two attached hydrogens (primary N) is 1. The molecule has 0 aromatic heterocycles. The summed E-state index contributed by atoms with van der Waals surface area (Å²) in [5, 5.41) is 0. The van der Waals surface area contributed by atoms with Crippen LogP contribution in [0.5, 0.6) is 0 Å². The van der Waals surface area contributed by atoms with E-state index in [2.05, 4.69) is 11.8 Å². The first-order chi connectivity index (χ1) is 8.13. The van der Waals surface area contributed by atoms with Gasteiger partial charge >= 0.3 is 0 Å². The third kappa shape index (κ3) is 2.60. The molecule has 0 radical (unpaired) electrons. The van der Waals surface area contributed by atoms with Crippen LogP contribution in [0.2, 0.25) is 0 Å². The molecule has 0 unspecified atom stereocenters. The molecule has 1 fully saturated rings. The van der Waals surface area contributed by atoms with Crippen LogP contribution in [0.3, 0.4) is 0 Å². The Labute approximate surface area is 101 Å². The highest BCUT2D eigenvalue weighted by Gasteiger charge is 2.28. The lowest BCUT2D eigenvalue weighted by Crippen LogP contribution is -2.24. The van der Waals surface area contributed by atoms with Crippen molar-refractivity contribution < 1.29 is 8.42 Å². The second-order valence-corrected chi connectivity index (χ2v) is 5.81. The number of anilines is 1. The van der Waals surface area contributed by atoms with Crippen LogP contribution < -0.4 is 10.0 Å². The molecule has 1 aliphatic heterocycles. The highest BCUT2D eigenvalue weighted by Crippen LogP contribution is 2.24. The predicted molar refractivity (Wildman–Crippen MR) is 68.1 cm³/mol. The van der Waals surface area contributed by atoms with Gasteiger partial charge in [-0.1, -0.05) is 17.9 Å². The van der Waals surface area contributed by atoms with Crippen molar-refractivity contribution in [1.82, 2.24) is 0 Å². The third-order valence-corrected chi connectivity index (χ3v) is 4.44. The standard InChI is InChI=1S/C12H14N2O2S/c13-7-2-5-11-4-1-6-12(10-11)14-8-3-9-17(14,15)16/h1,4,6,10H,3,7-9,13H2. The van der Waals surface area contributed by atoms with Crippen molar-refractivity contribution in [1.29, 1.82) is 0 Å². The second-order valence-electron chi connectivity index (χ2n) is 3.80. The lowest BCUT2D eigenvalue weighted by atomic mass is 10.2. The van der Waals surface area contributed by atoms with Gasteiger partial charge in [0.1, 0.15) is 0 Å². The molecule has 90 valence electrons. The minimum Gasteiger partial charge on any atom is -0.320 e. The van der Waals surface area contributed by atoms with Gasteiger partial charge in [0, 0.05) is 12.1 Å². The summed E-state index contributed by atoms with van der Waals surface area (Å²) in [6, 6.07) is 7.22. The van der Waals surface area contributed by atoms with Crippen LogP contribution in [0.4, 0.5) is 5.69 Å². The fraction of sp³-hybridized carbons (Fsp3) is 0.333. The molecule has 5 heteroatoms. The molecule has 0 aliphatic carbocycles. The minimum atomic E-state index is -3.12. The van der Waals surface area contributed by atoms with E-state index in [-0.39, 0.29) is 5.75 Å². The van der Waals surface area contributed by atoms with Crippen molar-refractivity contribution in [3.05, 3.63) is 29.8 Å². The Morgan fingerprint density at radius 1 is 1.41 bits per heavy atom. The van der Waals surface area contributed by atoms with E-state index in [1.807, 2.05) is 12.1 Å². The Morgan fingerprint density at radius 3 is 2.88 bits per heavy atom. The van der Waals surface area contributed by atoms with E-state index >= 15 is 0 Å². The fourth-order valence-electron chi connectivity index (χ4n) is 1.82. The summed E-state index contributed by atoms with van der Waals surface area (Å²) in [4.78, 5) is 0. The van der Waals surface area contributed by atoms with E-state index in [0.717, 1.165) is 5.56 Å². The third-order valence-electron chi connectivity index (χ3n) is 2.57. The number of rotatable bonds is 1. The lowest BCUT2D eigenvalue weighted by Gasteiger charge is -2.16. The summed E-state index contributed by atoms with van der Waals surface area (Å²) in [5.41, 5.74) is 6.77. The van der Waals surface area contributed by atoms with Crippen molar-refractivity contribution in [3.8, 4) is 11.8 Å². The van der Waals surface area contributed by atoms with Crippen LogP contribution in [-0.2, 0) is 10.0 Å². The first-order valence-corrected chi connectivity index (χ1v) is 7.04. The van der Waals surface area contributed by atoms with Crippen LogP contribution in [0.15, 0.2) is 24.3 Å². The molecule has 0 bridgehead atoms. The lowest BCUT2D eigenvalue weighted by molar-refractivity contribution is 0.599. The monoisotopic (exact) mass is 250 g/mol. The predicted octanol–water partition coefficient (Wildman–Crippen LogP) is 0.537. The van der Waals surface area contributed by atoms with E-state index < -0.39 is 10.0 Å². The number of hydrogen-bond donors (Lipinski definition) is 1. The zero-order valence-corrected chi connectivity index (χ0v) is 10.2. The smallest absolute Gasteiger partial charge is 0.235 e. The van der Waals surface area contributed by atoms with Crippen molar-refractivity contribution in [2.75, 3.05) is 23.1 Å². The number of hydrogen-bond acceptors (Lipinski definition) is 3. The van der Waals surface area contributed by atoms with Gasteiger partial charge in [-0.05, 0) is 24.6 Å². The summed E-state index contributed by atoms with van der Waals surface area (Å²) in [5.74, 6) is 5.88. The Hall–Kier alpha value is -1.51. The van der Waals surface area contributed by atoms with E-state index in [9.17, 15) is 8.42 Å². The number of nitrogens with zero attached hydrogens (tertiary/aromatic N) is 1. The zero-order valence-electron chi connectivity index (χ0n) is 9.39. The van der Waals surface area contributed by atoms with Gasteiger partial charge in [0.15, 0.2) is 0 Å². The van der Waals surface area contributed by atoms with Gasteiger partial charge in [-0.3, -0.25) is 4.31 Å². The van der Waals surface area contributed by atoms with E-state index in [4.69, 9.17) is 5.73 Å². The van der Waals surface area contributed by atoms with Crippen LogP contribution >= 0.6 is 0 Å². The Kier molecular flexibility index (Phi) is 3.36. The van der Waals surface area contributed by atoms with Crippen LogP contribution in [0, 0.1) is 11.8 Å². The van der Waals surface area contributed by atoms with Gasteiger partial charge < -0.3 is 5.73 Å². The van der Waals surface area contributed by atoms with Gasteiger partial charge in [-0.25, -0.2) is 8.42 Å². The summed E-state index contributed by atoms with van der Waals surface area (Å²) < 4.78 is 25.0. The van der Waals surface area contributed by atoms with Crippen molar-refractivity contribution in [2.45, 2.75) is 6.42 Å². The van der Waals surface area contributed by atoms with Crippen molar-refractivity contribution in [2.24, 2.45) is 5.73 Å². The first-order valence-electron chi connectivity index (χ1n) is 5.43. The quantitative estimate of drug-likeness (QED) is 0.740. The topological polar surface area (TPSA) is 63.4 Å². The summed E-state index contributed by atoms with van der Waals surface area (Å²) in [6.07, 6.45) is 0.682. The van der Waals surface area contributed by atoms with Crippen LogP contribution in [0.1, 0.15) is 12.0 Å². The molecule has 0 atom stereocenters. The molecule has 0 spiro atoms. The molecule has 17 heavy (non-hydrogen) atoms. The normalized spacial score (nSPS) is 17.6. The maximum Gasteiger partial charge on any atom is 0.235 e. The molecular formula is C12H14N2O2S. The van der Waals surface area contributed by atoms with E-state index in [1.165, 1.54) is 4.31 Å². The largest absolute Gasteiger partial charge is 0.320 e. The molecule has 1 aromatic rings. The van der Waals surface area contributed by atoms with Crippen molar-refractivity contribution >= 4 is 15.7 Å². The maximum absolute atomic E-state index is 11.8. The summed E-state index contributed by atoms with van der Waals surface area (Å²) in [7, 11) is -3.12. The molecule has 1 aromatic carbocycles. The zero-order chi connectivity index (χ0) is 12.3. The molecule has 0 saturated carbocycles. The van der Waals surface area contributed by atoms with E-state index in [0.29, 0.717) is 25.2 Å². The molecule has 1 saturated heterocycles. The Morgan fingerprint density at radius 2 is 2.24 bits per heavy atom. The van der Waals surface area contributed by atoms with Gasteiger partial charge in [-0.15, -0.1) is 0 Å².